The van der Waals surface area contributed by atoms with Crippen molar-refractivity contribution >= 4 is 46.0 Å². The Morgan fingerprint density at radius 1 is 1.22 bits per heavy atom. The molecule has 120 valence electrons. The Bertz CT molecular complexity index is 864. The summed E-state index contributed by atoms with van der Waals surface area (Å²) in [7, 11) is 0. The molecular weight excluding hydrogens is 330 g/mol. The second kappa shape index (κ2) is 6.29. The first-order chi connectivity index (χ1) is 11.0. The Morgan fingerprint density at radius 2 is 2.00 bits per heavy atom. The van der Waals surface area contributed by atoms with Crippen LogP contribution in [0.2, 0.25) is 0 Å². The van der Waals surface area contributed by atoms with Gasteiger partial charge in [0, 0.05) is 11.5 Å². The smallest absolute Gasteiger partial charge is 0.191 e. The molecule has 0 fully saturated rings. The van der Waals surface area contributed by atoms with Gasteiger partial charge in [-0.25, -0.2) is 9.97 Å². The number of fused-ring (bicyclic) bond motifs is 1. The number of thioether (sulfide) groups is 2. The molecule has 0 spiro atoms. The monoisotopic (exact) mass is 347 g/mol. The largest absolute Gasteiger partial charge is 0.458 e. The Kier molecular flexibility index (Phi) is 4.36. The van der Waals surface area contributed by atoms with E-state index in [0.717, 1.165) is 16.1 Å². The average molecular weight is 347 g/mol. The molecule has 0 bridgehead atoms. The van der Waals surface area contributed by atoms with E-state index in [2.05, 4.69) is 15.0 Å². The van der Waals surface area contributed by atoms with Gasteiger partial charge in [0.1, 0.15) is 16.6 Å². The van der Waals surface area contributed by atoms with Crippen LogP contribution in [0.3, 0.4) is 0 Å². The number of aromatic nitrogens is 3. The van der Waals surface area contributed by atoms with E-state index in [1.54, 1.807) is 12.3 Å². The minimum absolute atomic E-state index is 0.0607. The number of nitrogens with two attached hydrogens (primary N) is 2. The lowest BCUT2D eigenvalue weighted by Crippen LogP contribution is -1.99. The van der Waals surface area contributed by atoms with Crippen molar-refractivity contribution in [1.29, 1.82) is 0 Å². The summed E-state index contributed by atoms with van der Waals surface area (Å²) >= 11 is 3.05. The minimum Gasteiger partial charge on any atom is -0.458 e. The highest BCUT2D eigenvalue weighted by atomic mass is 32.2. The highest BCUT2D eigenvalue weighted by Crippen LogP contribution is 2.36. The van der Waals surface area contributed by atoms with Gasteiger partial charge in [0.25, 0.3) is 0 Å². The normalized spacial score (nSPS) is 12.7. The van der Waals surface area contributed by atoms with E-state index in [-0.39, 0.29) is 5.25 Å². The molecule has 23 heavy (non-hydrogen) atoms. The summed E-state index contributed by atoms with van der Waals surface area (Å²) in [6.07, 6.45) is 3.66. The molecule has 3 aromatic heterocycles. The van der Waals surface area contributed by atoms with Gasteiger partial charge in [-0.05, 0) is 26.2 Å². The lowest BCUT2D eigenvalue weighted by atomic mass is 10.2. The zero-order valence-electron chi connectivity index (χ0n) is 13.0. The molecule has 0 aromatic carbocycles. The zero-order valence-corrected chi connectivity index (χ0v) is 14.7. The third kappa shape index (κ3) is 3.23. The number of nitrogens with zero attached hydrogens (tertiary/aromatic N) is 3. The molecule has 0 radical (unpaired) electrons. The van der Waals surface area contributed by atoms with Gasteiger partial charge < -0.3 is 15.9 Å². The van der Waals surface area contributed by atoms with E-state index in [1.165, 1.54) is 23.5 Å². The van der Waals surface area contributed by atoms with E-state index in [9.17, 15) is 0 Å². The molecule has 0 aliphatic heterocycles. The number of rotatable bonds is 4. The lowest BCUT2D eigenvalue weighted by molar-refractivity contribution is 0.579. The molecule has 3 aromatic rings. The van der Waals surface area contributed by atoms with Crippen molar-refractivity contribution in [2.45, 2.75) is 29.3 Å². The second-order valence-electron chi connectivity index (χ2n) is 5.06. The average Bonchev–Trinajstić information content (AvgIpc) is 2.81. The number of anilines is 2. The number of furan rings is 1. The van der Waals surface area contributed by atoms with Gasteiger partial charge in [0.05, 0.1) is 22.8 Å². The van der Waals surface area contributed by atoms with Crippen molar-refractivity contribution in [2.24, 2.45) is 0 Å². The Morgan fingerprint density at radius 3 is 2.74 bits per heavy atom. The third-order valence-electron chi connectivity index (χ3n) is 3.43. The molecule has 0 amide bonds. The Hall–Kier alpha value is -1.93. The Balaban J connectivity index is 1.89. The molecule has 6 nitrogen and oxygen atoms in total. The molecular formula is C15H17N5OS2. The van der Waals surface area contributed by atoms with Crippen LogP contribution >= 0.6 is 23.5 Å². The second-order valence-corrected chi connectivity index (χ2v) is 7.19. The maximum Gasteiger partial charge on any atom is 0.191 e. The molecule has 1 atom stereocenters. The minimum atomic E-state index is 0.0607. The van der Waals surface area contributed by atoms with E-state index >= 15 is 0 Å². The molecule has 0 aliphatic carbocycles. The molecule has 3 rings (SSSR count). The summed E-state index contributed by atoms with van der Waals surface area (Å²) in [6, 6.07) is 3.72. The number of pyridine rings is 1. The van der Waals surface area contributed by atoms with Crippen molar-refractivity contribution in [2.75, 3.05) is 17.7 Å². The van der Waals surface area contributed by atoms with E-state index in [0.29, 0.717) is 28.0 Å². The van der Waals surface area contributed by atoms with Crippen LogP contribution in [0.15, 0.2) is 32.9 Å². The van der Waals surface area contributed by atoms with Gasteiger partial charge in [-0.3, -0.25) is 4.98 Å². The summed E-state index contributed by atoms with van der Waals surface area (Å²) in [5.74, 6) is 1.18. The van der Waals surface area contributed by atoms with Crippen LogP contribution in [0.5, 0.6) is 0 Å². The fraction of sp³-hybridized carbons (Fsp3) is 0.267. The number of hydrogen-bond donors (Lipinski definition) is 2. The van der Waals surface area contributed by atoms with Crippen LogP contribution < -0.4 is 11.5 Å². The molecule has 0 saturated carbocycles. The predicted molar refractivity (Wildman–Crippen MR) is 95.7 cm³/mol. The van der Waals surface area contributed by atoms with Gasteiger partial charge in [0.15, 0.2) is 10.7 Å². The van der Waals surface area contributed by atoms with Crippen LogP contribution in [-0.4, -0.2) is 21.2 Å². The van der Waals surface area contributed by atoms with Crippen molar-refractivity contribution < 1.29 is 4.42 Å². The fourth-order valence-corrected chi connectivity index (χ4v) is 3.53. The van der Waals surface area contributed by atoms with Crippen LogP contribution in [-0.2, 0) is 0 Å². The zero-order chi connectivity index (χ0) is 16.6. The Labute approximate surface area is 142 Å². The number of nitrogen functional groups attached to an aromatic ring is 2. The van der Waals surface area contributed by atoms with Gasteiger partial charge in [-0.1, -0.05) is 11.8 Å². The highest BCUT2D eigenvalue weighted by molar-refractivity contribution is 7.99. The molecule has 3 heterocycles. The van der Waals surface area contributed by atoms with Crippen molar-refractivity contribution in [3.05, 3.63) is 29.8 Å². The van der Waals surface area contributed by atoms with Gasteiger partial charge >= 0.3 is 0 Å². The topological polar surface area (TPSA) is 104 Å². The summed E-state index contributed by atoms with van der Waals surface area (Å²) < 4.78 is 5.56. The van der Waals surface area contributed by atoms with E-state index < -0.39 is 0 Å². The van der Waals surface area contributed by atoms with Crippen LogP contribution in [0, 0.1) is 6.92 Å². The lowest BCUT2D eigenvalue weighted by Gasteiger charge is -2.10. The first kappa shape index (κ1) is 15.9. The third-order valence-corrected chi connectivity index (χ3v) is 5.05. The van der Waals surface area contributed by atoms with Gasteiger partial charge in [-0.2, -0.15) is 0 Å². The molecule has 8 heteroatoms. The van der Waals surface area contributed by atoms with E-state index in [4.69, 9.17) is 15.9 Å². The molecule has 0 saturated heterocycles. The number of hydrogen-bond acceptors (Lipinski definition) is 8. The highest BCUT2D eigenvalue weighted by Gasteiger charge is 2.15. The molecule has 0 aliphatic rings. The van der Waals surface area contributed by atoms with Crippen LogP contribution in [0.4, 0.5) is 11.5 Å². The fourth-order valence-electron chi connectivity index (χ4n) is 2.18. The summed E-state index contributed by atoms with van der Waals surface area (Å²) in [6.45, 7) is 3.89. The van der Waals surface area contributed by atoms with Crippen LogP contribution in [0.1, 0.15) is 23.6 Å². The quantitative estimate of drug-likeness (QED) is 0.418. The maximum atomic E-state index is 6.05. The summed E-state index contributed by atoms with van der Waals surface area (Å²) in [5.41, 5.74) is 14.1. The van der Waals surface area contributed by atoms with Crippen molar-refractivity contribution in [3.8, 4) is 0 Å². The summed E-state index contributed by atoms with van der Waals surface area (Å²) in [5, 5.41) is 2.44. The van der Waals surface area contributed by atoms with Gasteiger partial charge in [0.2, 0.25) is 0 Å². The molecule has 1 unspecified atom stereocenters. The maximum absolute atomic E-state index is 6.05. The summed E-state index contributed by atoms with van der Waals surface area (Å²) in [4.78, 5) is 13.2. The van der Waals surface area contributed by atoms with Gasteiger partial charge in [-0.15, -0.1) is 11.8 Å². The van der Waals surface area contributed by atoms with Crippen LogP contribution in [0.25, 0.3) is 11.0 Å². The van der Waals surface area contributed by atoms with Crippen molar-refractivity contribution in [3.63, 3.8) is 0 Å². The molecule has 4 N–H and O–H groups in total. The van der Waals surface area contributed by atoms with Crippen molar-refractivity contribution in [1.82, 2.24) is 15.0 Å². The predicted octanol–water partition coefficient (Wildman–Crippen LogP) is 3.67. The number of aryl methyl sites for hydroxylation is 1. The van der Waals surface area contributed by atoms with E-state index in [1.807, 2.05) is 26.2 Å². The standard InChI is InChI=1S/C15H17N5OS2/c1-7-14(17)9-4-10(18-6-11(9)21-7)8(2)23-15-19-12(16)5-13(20-15)22-3/h4-6,8H,17H2,1-3H3,(H2,16,19,20). The SMILES string of the molecule is CSc1cc(N)nc(SC(C)c2cc3c(N)c(C)oc3cn2)n1. The first-order valence-electron chi connectivity index (χ1n) is 6.97. The first-order valence-corrected chi connectivity index (χ1v) is 9.08.